The van der Waals surface area contributed by atoms with Crippen molar-refractivity contribution < 1.29 is 0 Å². The van der Waals surface area contributed by atoms with Crippen LogP contribution in [0.3, 0.4) is 0 Å². The van der Waals surface area contributed by atoms with E-state index in [-0.39, 0.29) is 6.04 Å². The molecule has 3 nitrogen and oxygen atoms in total. The summed E-state index contributed by atoms with van der Waals surface area (Å²) in [6, 6.07) is 2.36. The summed E-state index contributed by atoms with van der Waals surface area (Å²) in [6.07, 6.45) is 2.82. The third-order valence-corrected chi connectivity index (χ3v) is 5.92. The number of aryl methyl sites for hydroxylation is 2. The van der Waals surface area contributed by atoms with Crippen molar-refractivity contribution in [2.45, 2.75) is 39.2 Å². The van der Waals surface area contributed by atoms with Crippen LogP contribution < -0.4 is 5.32 Å². The van der Waals surface area contributed by atoms with Gasteiger partial charge in [-0.1, -0.05) is 25.4 Å². The third-order valence-electron chi connectivity index (χ3n) is 3.50. The molecule has 0 saturated carbocycles. The number of hydrogen-bond donors (Lipinski definition) is 1. The number of hydrogen-bond acceptors (Lipinski definition) is 3. The van der Waals surface area contributed by atoms with Gasteiger partial charge in [0, 0.05) is 28.9 Å². The van der Waals surface area contributed by atoms with Gasteiger partial charge in [0.1, 0.15) is 0 Å². The SMILES string of the molecule is CCCNC(Cc1c(Cl)c(CC)nn1C)c1sccc1Br. The summed E-state index contributed by atoms with van der Waals surface area (Å²) in [6.45, 7) is 5.26. The Hall–Kier alpha value is -0.360. The lowest BCUT2D eigenvalue weighted by Crippen LogP contribution is -2.24. The van der Waals surface area contributed by atoms with Gasteiger partial charge >= 0.3 is 0 Å². The van der Waals surface area contributed by atoms with Gasteiger partial charge in [0.15, 0.2) is 0 Å². The Labute approximate surface area is 143 Å². The van der Waals surface area contributed by atoms with E-state index in [9.17, 15) is 0 Å². The van der Waals surface area contributed by atoms with Crippen LogP contribution in [0.15, 0.2) is 15.9 Å². The molecule has 0 aliphatic rings. The van der Waals surface area contributed by atoms with Crippen LogP contribution in [0.1, 0.15) is 42.6 Å². The standard InChI is InChI=1S/C15H21BrClN3S/c1-4-7-18-12(15-10(16)6-8-21-15)9-13-14(17)11(5-2)19-20(13)3/h6,8,12,18H,4-5,7,9H2,1-3H3. The first-order valence-corrected chi connectivity index (χ1v) is 9.30. The number of nitrogens with zero attached hydrogens (tertiary/aromatic N) is 2. The van der Waals surface area contributed by atoms with Crippen molar-refractivity contribution in [3.05, 3.63) is 37.2 Å². The molecule has 0 saturated heterocycles. The van der Waals surface area contributed by atoms with Gasteiger partial charge in [0.05, 0.1) is 16.4 Å². The molecule has 0 radical (unpaired) electrons. The Kier molecular flexibility index (Phi) is 6.29. The number of thiophene rings is 1. The summed E-state index contributed by atoms with van der Waals surface area (Å²) in [7, 11) is 1.97. The molecular formula is C15H21BrClN3S. The Bertz CT molecular complexity index is 594. The van der Waals surface area contributed by atoms with Gasteiger partial charge in [-0.05, 0) is 46.8 Å². The maximum Gasteiger partial charge on any atom is 0.0850 e. The maximum absolute atomic E-state index is 6.49. The average Bonchev–Trinajstić information content (AvgIpc) is 3.00. The fraction of sp³-hybridized carbons (Fsp3) is 0.533. The Morgan fingerprint density at radius 1 is 1.48 bits per heavy atom. The molecule has 2 heterocycles. The van der Waals surface area contributed by atoms with Gasteiger partial charge in [-0.3, -0.25) is 4.68 Å². The Balaban J connectivity index is 2.27. The summed E-state index contributed by atoms with van der Waals surface area (Å²) in [4.78, 5) is 1.32. The van der Waals surface area contributed by atoms with Crippen LogP contribution in [-0.4, -0.2) is 16.3 Å². The van der Waals surface area contributed by atoms with Gasteiger partial charge in [-0.25, -0.2) is 0 Å². The second kappa shape index (κ2) is 7.77. The van der Waals surface area contributed by atoms with Crippen molar-refractivity contribution in [2.24, 2.45) is 7.05 Å². The molecule has 0 aliphatic carbocycles. The highest BCUT2D eigenvalue weighted by Gasteiger charge is 2.21. The molecule has 0 aliphatic heterocycles. The van der Waals surface area contributed by atoms with Gasteiger partial charge in [-0.2, -0.15) is 5.10 Å². The van der Waals surface area contributed by atoms with Crippen LogP contribution in [0, 0.1) is 0 Å². The largest absolute Gasteiger partial charge is 0.309 e. The van der Waals surface area contributed by atoms with Crippen molar-refractivity contribution in [1.29, 1.82) is 0 Å². The number of halogens is 2. The molecule has 0 bridgehead atoms. The van der Waals surface area contributed by atoms with Crippen LogP contribution in [0.4, 0.5) is 0 Å². The predicted molar refractivity (Wildman–Crippen MR) is 94.4 cm³/mol. The van der Waals surface area contributed by atoms with Crippen molar-refractivity contribution in [3.63, 3.8) is 0 Å². The minimum atomic E-state index is 0.261. The molecule has 21 heavy (non-hydrogen) atoms. The predicted octanol–water partition coefficient (Wildman–Crippen LogP) is 4.74. The zero-order valence-corrected chi connectivity index (χ0v) is 15.8. The van der Waals surface area contributed by atoms with E-state index in [4.69, 9.17) is 11.6 Å². The normalized spacial score (nSPS) is 12.8. The zero-order valence-electron chi connectivity index (χ0n) is 12.6. The minimum absolute atomic E-state index is 0.261. The summed E-state index contributed by atoms with van der Waals surface area (Å²) < 4.78 is 3.08. The molecule has 0 aromatic carbocycles. The molecule has 0 amide bonds. The number of rotatable bonds is 7. The van der Waals surface area contributed by atoms with Gasteiger partial charge < -0.3 is 5.32 Å². The fourth-order valence-corrected chi connectivity index (χ4v) is 4.46. The average molecular weight is 391 g/mol. The number of aromatic nitrogens is 2. The molecule has 2 aromatic heterocycles. The lowest BCUT2D eigenvalue weighted by atomic mass is 10.1. The van der Waals surface area contributed by atoms with E-state index < -0.39 is 0 Å². The molecule has 1 N–H and O–H groups in total. The van der Waals surface area contributed by atoms with E-state index in [1.165, 1.54) is 4.88 Å². The van der Waals surface area contributed by atoms with Crippen LogP contribution in [0.2, 0.25) is 5.02 Å². The monoisotopic (exact) mass is 389 g/mol. The molecule has 116 valence electrons. The smallest absolute Gasteiger partial charge is 0.0850 e. The molecule has 0 spiro atoms. The molecular weight excluding hydrogens is 370 g/mol. The van der Waals surface area contributed by atoms with Crippen LogP contribution in [0.25, 0.3) is 0 Å². The molecule has 1 unspecified atom stereocenters. The highest BCUT2D eigenvalue weighted by Crippen LogP contribution is 2.33. The van der Waals surface area contributed by atoms with Crippen LogP contribution >= 0.6 is 38.9 Å². The molecule has 6 heteroatoms. The first-order chi connectivity index (χ1) is 10.1. The van der Waals surface area contributed by atoms with E-state index in [0.717, 1.165) is 46.7 Å². The summed E-state index contributed by atoms with van der Waals surface area (Å²) in [5.74, 6) is 0. The highest BCUT2D eigenvalue weighted by atomic mass is 79.9. The maximum atomic E-state index is 6.49. The molecule has 2 aromatic rings. The van der Waals surface area contributed by atoms with Crippen LogP contribution in [0.5, 0.6) is 0 Å². The lowest BCUT2D eigenvalue weighted by molar-refractivity contribution is 0.517. The van der Waals surface area contributed by atoms with Crippen molar-refractivity contribution in [1.82, 2.24) is 15.1 Å². The second-order valence-corrected chi connectivity index (χ2v) is 7.21. The quantitative estimate of drug-likeness (QED) is 0.739. The van der Waals surface area contributed by atoms with Gasteiger partial charge in [-0.15, -0.1) is 11.3 Å². The molecule has 0 fully saturated rings. The first kappa shape index (κ1) is 17.0. The van der Waals surface area contributed by atoms with Crippen molar-refractivity contribution in [2.75, 3.05) is 6.54 Å². The molecule has 2 rings (SSSR count). The summed E-state index contributed by atoms with van der Waals surface area (Å²) in [5.41, 5.74) is 2.08. The Morgan fingerprint density at radius 3 is 2.76 bits per heavy atom. The van der Waals surface area contributed by atoms with E-state index in [1.54, 1.807) is 11.3 Å². The molecule has 1 atom stereocenters. The van der Waals surface area contributed by atoms with Crippen molar-refractivity contribution >= 4 is 38.9 Å². The number of nitrogens with one attached hydrogen (secondary N) is 1. The van der Waals surface area contributed by atoms with E-state index in [1.807, 2.05) is 11.7 Å². The van der Waals surface area contributed by atoms with Gasteiger partial charge in [0.25, 0.3) is 0 Å². The fourth-order valence-electron chi connectivity index (χ4n) is 2.37. The Morgan fingerprint density at radius 2 is 2.24 bits per heavy atom. The van der Waals surface area contributed by atoms with E-state index in [2.05, 4.69) is 51.6 Å². The van der Waals surface area contributed by atoms with Crippen LogP contribution in [-0.2, 0) is 19.9 Å². The van der Waals surface area contributed by atoms with Gasteiger partial charge in [0.2, 0.25) is 0 Å². The topological polar surface area (TPSA) is 29.9 Å². The summed E-state index contributed by atoms with van der Waals surface area (Å²) in [5, 5.41) is 11.1. The lowest BCUT2D eigenvalue weighted by Gasteiger charge is -2.18. The zero-order chi connectivity index (χ0) is 15.4. The second-order valence-electron chi connectivity index (χ2n) is 5.03. The first-order valence-electron chi connectivity index (χ1n) is 7.24. The highest BCUT2D eigenvalue weighted by molar-refractivity contribution is 9.10. The van der Waals surface area contributed by atoms with E-state index >= 15 is 0 Å². The minimum Gasteiger partial charge on any atom is -0.309 e. The van der Waals surface area contributed by atoms with Crippen molar-refractivity contribution in [3.8, 4) is 0 Å². The van der Waals surface area contributed by atoms with E-state index in [0.29, 0.717) is 0 Å². The summed E-state index contributed by atoms with van der Waals surface area (Å²) >= 11 is 11.9. The third kappa shape index (κ3) is 3.89.